The maximum absolute atomic E-state index is 12.4. The lowest BCUT2D eigenvalue weighted by Gasteiger charge is -2.16. The number of benzene rings is 1. The lowest BCUT2D eigenvalue weighted by molar-refractivity contribution is -0.468. The van der Waals surface area contributed by atoms with Gasteiger partial charge in [0, 0.05) is 37.2 Å². The smallest absolute Gasteiger partial charge is 0.341 e. The average Bonchev–Trinajstić information content (AvgIpc) is 3.63. The van der Waals surface area contributed by atoms with Gasteiger partial charge in [-0.05, 0) is 83.4 Å². The number of ether oxygens (including phenoxy) is 3. The molecule has 0 spiro atoms. The van der Waals surface area contributed by atoms with Gasteiger partial charge in [0.05, 0.1) is 31.1 Å². The third kappa shape index (κ3) is 33.0. The Hall–Kier alpha value is -5.65. The van der Waals surface area contributed by atoms with Crippen LogP contribution in [0.3, 0.4) is 0 Å². The molecule has 1 heterocycles. The number of aromatic nitrogens is 2. The molecule has 56 heavy (non-hydrogen) atoms. The molecule has 0 saturated heterocycles. The van der Waals surface area contributed by atoms with Gasteiger partial charge in [0.1, 0.15) is 17.1 Å². The number of nitrogens with zero attached hydrogens (tertiary/aromatic N) is 2. The second-order valence-electron chi connectivity index (χ2n) is 11.1. The molecule has 2 aromatic rings. The molecule has 0 aliphatic rings. The van der Waals surface area contributed by atoms with E-state index in [1.165, 1.54) is 13.0 Å². The molecule has 0 radical (unpaired) electrons. The SMILES string of the molecule is C#CC(=C)C=C.C/C=C\C.CC.CC#C/C=C(\C=C/C[N+](=O)[O-])c1cnc(C)[nH]1.CCCCOC(=O)c1cc(C(C)NC(C)=O)ccc1OCCCC.COC. The maximum atomic E-state index is 12.4. The van der Waals surface area contributed by atoms with Crippen LogP contribution in [-0.2, 0) is 14.3 Å². The highest BCUT2D eigenvalue weighted by molar-refractivity contribution is 5.92. The third-order valence-electron chi connectivity index (χ3n) is 6.33. The Labute approximate surface area is 338 Å². The van der Waals surface area contributed by atoms with Crippen LogP contribution in [0.2, 0.25) is 0 Å². The van der Waals surface area contributed by atoms with E-state index in [0.717, 1.165) is 48.3 Å². The number of hydrogen-bond acceptors (Lipinski definition) is 8. The summed E-state index contributed by atoms with van der Waals surface area (Å²) in [5.74, 6) is 8.69. The number of hydrogen-bond donors (Lipinski definition) is 2. The number of allylic oxidation sites excluding steroid dienone is 7. The molecule has 1 aromatic heterocycles. The van der Waals surface area contributed by atoms with Crippen molar-refractivity contribution < 1.29 is 28.7 Å². The number of aryl methyl sites for hydroxylation is 1. The zero-order chi connectivity index (χ0) is 43.7. The van der Waals surface area contributed by atoms with Gasteiger partial charge >= 0.3 is 5.97 Å². The van der Waals surface area contributed by atoms with Crippen molar-refractivity contribution in [3.05, 3.63) is 112 Å². The summed E-state index contributed by atoms with van der Waals surface area (Å²) in [4.78, 5) is 40.6. The highest BCUT2D eigenvalue weighted by Crippen LogP contribution is 2.25. The van der Waals surface area contributed by atoms with Gasteiger partial charge in [-0.1, -0.05) is 89.8 Å². The highest BCUT2D eigenvalue weighted by atomic mass is 16.6. The molecule has 2 rings (SSSR count). The van der Waals surface area contributed by atoms with Crippen LogP contribution in [0.5, 0.6) is 5.75 Å². The van der Waals surface area contributed by atoms with Crippen LogP contribution in [0, 0.1) is 41.2 Å². The fourth-order valence-corrected chi connectivity index (χ4v) is 3.46. The van der Waals surface area contributed by atoms with E-state index in [1.807, 2.05) is 66.7 Å². The van der Waals surface area contributed by atoms with Crippen LogP contribution in [0.25, 0.3) is 5.57 Å². The Balaban J connectivity index is -0.000000364. The number of methoxy groups -OCH3 is 1. The molecule has 310 valence electrons. The first-order valence-electron chi connectivity index (χ1n) is 18.7. The van der Waals surface area contributed by atoms with E-state index in [1.54, 1.807) is 57.7 Å². The van der Waals surface area contributed by atoms with Crippen molar-refractivity contribution in [2.75, 3.05) is 34.0 Å². The van der Waals surface area contributed by atoms with Crippen molar-refractivity contribution >= 4 is 17.4 Å². The van der Waals surface area contributed by atoms with E-state index in [9.17, 15) is 19.7 Å². The van der Waals surface area contributed by atoms with Crippen molar-refractivity contribution in [2.45, 2.75) is 101 Å². The first-order valence-corrected chi connectivity index (χ1v) is 18.7. The summed E-state index contributed by atoms with van der Waals surface area (Å²) in [5.41, 5.74) is 3.47. The number of imidazole rings is 1. The Bertz CT molecular complexity index is 1580. The van der Waals surface area contributed by atoms with Crippen LogP contribution in [0.15, 0.2) is 79.6 Å². The summed E-state index contributed by atoms with van der Waals surface area (Å²) < 4.78 is 15.3. The summed E-state index contributed by atoms with van der Waals surface area (Å²) in [6.45, 7) is 26.6. The molecule has 0 aliphatic heterocycles. The van der Waals surface area contributed by atoms with Gasteiger partial charge in [-0.25, -0.2) is 9.78 Å². The molecule has 1 aromatic carbocycles. The van der Waals surface area contributed by atoms with Crippen LogP contribution in [0.4, 0.5) is 0 Å². The molecule has 0 fully saturated rings. The Kier molecular flexibility index (Phi) is 41.3. The van der Waals surface area contributed by atoms with Crippen LogP contribution < -0.4 is 10.1 Å². The van der Waals surface area contributed by atoms with E-state index in [0.29, 0.717) is 30.1 Å². The normalized spacial score (nSPS) is 10.2. The summed E-state index contributed by atoms with van der Waals surface area (Å²) in [6, 6.07) is 5.20. The Morgan fingerprint density at radius 1 is 1.12 bits per heavy atom. The molecule has 11 heteroatoms. The minimum atomic E-state index is -0.391. The number of H-pyrrole nitrogens is 1. The van der Waals surface area contributed by atoms with E-state index in [4.69, 9.17) is 15.9 Å². The molecule has 11 nitrogen and oxygen atoms in total. The fraction of sp³-hybridized carbons (Fsp3) is 0.444. The standard InChI is InChI=1S/C19H29NO4.C12H13N3O2.C6H6.C4H8.C2H6O.C2H6/c1-5-7-11-23-18-10-9-16(14(3)20-15(4)21)13-17(18)19(22)24-12-8-6-2;1-3-4-6-11(7-5-8-15(16)17)12-9-13-10(2)14-12;1-4-6(3)5-2;1-3-4-2;1-3-2;1-2/h9-10,13-14H,5-8,11-12H2,1-4H3,(H,20,21);5-7,9H,8H2,1-2H3,(H,13,14);1,5H,2-3H2;3-4H,1-2H3;1-2H3;1-2H3/b;7-5-,11-6+;;4-3-;;. The molecule has 1 unspecified atom stereocenters. The average molecular weight is 777 g/mol. The quantitative estimate of drug-likeness (QED) is 0.0346. The maximum Gasteiger partial charge on any atom is 0.341 e. The fourth-order valence-electron chi connectivity index (χ4n) is 3.46. The van der Waals surface area contributed by atoms with Crippen LogP contribution in [-0.4, -0.2) is 60.7 Å². The van der Waals surface area contributed by atoms with E-state index < -0.39 is 4.92 Å². The number of rotatable bonds is 15. The van der Waals surface area contributed by atoms with E-state index in [2.05, 4.69) is 57.9 Å². The summed E-state index contributed by atoms with van der Waals surface area (Å²) >= 11 is 0. The Morgan fingerprint density at radius 2 is 1.71 bits per heavy atom. The summed E-state index contributed by atoms with van der Waals surface area (Å²) in [6.07, 6.45) is 20.7. The van der Waals surface area contributed by atoms with Crippen molar-refractivity contribution in [1.29, 1.82) is 0 Å². The second kappa shape index (κ2) is 40.5. The van der Waals surface area contributed by atoms with Crippen LogP contribution >= 0.6 is 0 Å². The van der Waals surface area contributed by atoms with E-state index in [-0.39, 0.29) is 24.5 Å². The number of esters is 1. The number of unbranched alkanes of at least 4 members (excludes halogenated alkanes) is 2. The predicted molar refractivity (Wildman–Crippen MR) is 233 cm³/mol. The first-order chi connectivity index (χ1) is 26.8. The van der Waals surface area contributed by atoms with E-state index >= 15 is 0 Å². The van der Waals surface area contributed by atoms with Gasteiger partial charge in [-0.15, -0.1) is 12.3 Å². The number of nitro groups is 1. The molecule has 1 atom stereocenters. The number of carbonyl (C=O) groups excluding carboxylic acids is 2. The number of nitrogens with one attached hydrogen (secondary N) is 2. The zero-order valence-electron chi connectivity index (χ0n) is 36.0. The largest absolute Gasteiger partial charge is 0.493 e. The van der Waals surface area contributed by atoms with Gasteiger partial charge in [0.25, 0.3) is 0 Å². The molecular formula is C45H68N4O7. The lowest BCUT2D eigenvalue weighted by Crippen LogP contribution is -2.24. The molecule has 0 saturated carbocycles. The predicted octanol–water partition coefficient (Wildman–Crippen LogP) is 10.2. The minimum absolute atomic E-state index is 0.113. The summed E-state index contributed by atoms with van der Waals surface area (Å²) in [5, 5.41) is 13.0. The molecule has 2 N–H and O–H groups in total. The zero-order valence-corrected chi connectivity index (χ0v) is 36.0. The minimum Gasteiger partial charge on any atom is -0.493 e. The number of amides is 1. The molecule has 1 amide bonds. The topological polar surface area (TPSA) is 146 Å². The van der Waals surface area contributed by atoms with Gasteiger partial charge in [0.15, 0.2) is 0 Å². The second-order valence-corrected chi connectivity index (χ2v) is 11.1. The monoisotopic (exact) mass is 777 g/mol. The molecule has 0 bridgehead atoms. The van der Waals surface area contributed by atoms with Crippen molar-refractivity contribution in [1.82, 2.24) is 15.3 Å². The van der Waals surface area contributed by atoms with Gasteiger partial charge in [0.2, 0.25) is 12.5 Å². The molecular weight excluding hydrogens is 709 g/mol. The lowest BCUT2D eigenvalue weighted by atomic mass is 10.0. The van der Waals surface area contributed by atoms with Gasteiger partial charge in [-0.3, -0.25) is 14.9 Å². The third-order valence-corrected chi connectivity index (χ3v) is 6.33. The first kappa shape index (κ1) is 57.1. The van der Waals surface area contributed by atoms with Gasteiger partial charge in [-0.2, -0.15) is 0 Å². The number of terminal acetylenes is 1. The molecule has 0 aliphatic carbocycles. The van der Waals surface area contributed by atoms with Crippen LogP contribution in [0.1, 0.15) is 121 Å². The van der Waals surface area contributed by atoms with Crippen molar-refractivity contribution in [3.63, 3.8) is 0 Å². The summed E-state index contributed by atoms with van der Waals surface area (Å²) in [7, 11) is 3.25. The number of aromatic amines is 1. The van der Waals surface area contributed by atoms with Gasteiger partial charge < -0.3 is 24.5 Å². The van der Waals surface area contributed by atoms with Crippen molar-refractivity contribution in [2.24, 2.45) is 0 Å². The highest BCUT2D eigenvalue weighted by Gasteiger charge is 2.17. The van der Waals surface area contributed by atoms with Crippen molar-refractivity contribution in [3.8, 4) is 29.9 Å². The Morgan fingerprint density at radius 3 is 2.14 bits per heavy atom. The number of carbonyl (C=O) groups is 2.